The Hall–Kier alpha value is -1.31. The summed E-state index contributed by atoms with van der Waals surface area (Å²) >= 11 is 0. The molecule has 1 saturated carbocycles. The smallest absolute Gasteiger partial charge is 0.338 e. The number of ether oxygens (including phenoxy) is 1. The number of hydrogen-bond acceptors (Lipinski definition) is 3. The highest BCUT2D eigenvalue weighted by atomic mass is 127. The summed E-state index contributed by atoms with van der Waals surface area (Å²) in [6.45, 7) is 3.86. The molecule has 2 rings (SSSR count). The van der Waals surface area contributed by atoms with E-state index in [1.54, 1.807) is 26.1 Å². The van der Waals surface area contributed by atoms with Gasteiger partial charge >= 0.3 is 5.97 Å². The number of benzene rings is 1. The molecular formula is C16H24IN3O2. The number of hydrogen-bond donors (Lipinski definition) is 2. The molecule has 0 heterocycles. The maximum atomic E-state index is 11.6. The first-order chi connectivity index (χ1) is 10.2. The second-order valence-electron chi connectivity index (χ2n) is 5.17. The van der Waals surface area contributed by atoms with E-state index in [9.17, 15) is 4.79 Å². The average Bonchev–Trinajstić information content (AvgIpc) is 3.32. The van der Waals surface area contributed by atoms with Gasteiger partial charge in [-0.2, -0.15) is 0 Å². The third-order valence-electron chi connectivity index (χ3n) is 3.40. The van der Waals surface area contributed by atoms with Crippen LogP contribution in [0.5, 0.6) is 0 Å². The summed E-state index contributed by atoms with van der Waals surface area (Å²) in [5.74, 6) is 1.35. The predicted molar refractivity (Wildman–Crippen MR) is 98.7 cm³/mol. The van der Waals surface area contributed by atoms with Gasteiger partial charge in [-0.15, -0.1) is 24.0 Å². The summed E-state index contributed by atoms with van der Waals surface area (Å²) in [6.07, 6.45) is 2.64. The van der Waals surface area contributed by atoms with Crippen molar-refractivity contribution < 1.29 is 9.53 Å². The number of carbonyl (C=O) groups excluding carboxylic acids is 1. The molecule has 5 nitrogen and oxygen atoms in total. The molecule has 6 heteroatoms. The van der Waals surface area contributed by atoms with Crippen molar-refractivity contribution in [1.82, 2.24) is 10.6 Å². The third kappa shape index (κ3) is 6.21. The van der Waals surface area contributed by atoms with Crippen LogP contribution in [0.4, 0.5) is 0 Å². The highest BCUT2D eigenvalue weighted by molar-refractivity contribution is 14.0. The zero-order valence-electron chi connectivity index (χ0n) is 13.1. The van der Waals surface area contributed by atoms with Gasteiger partial charge in [-0.3, -0.25) is 4.99 Å². The van der Waals surface area contributed by atoms with E-state index in [0.29, 0.717) is 18.7 Å². The Morgan fingerprint density at radius 1 is 1.27 bits per heavy atom. The topological polar surface area (TPSA) is 62.7 Å². The molecule has 122 valence electrons. The Morgan fingerprint density at radius 2 is 1.95 bits per heavy atom. The quantitative estimate of drug-likeness (QED) is 0.323. The molecule has 0 unspecified atom stereocenters. The van der Waals surface area contributed by atoms with Crippen molar-refractivity contribution >= 4 is 35.9 Å². The van der Waals surface area contributed by atoms with Crippen LogP contribution >= 0.6 is 24.0 Å². The Balaban J connectivity index is 0.00000242. The molecule has 1 fully saturated rings. The van der Waals surface area contributed by atoms with Crippen molar-refractivity contribution in [2.24, 2.45) is 10.9 Å². The first-order valence-electron chi connectivity index (χ1n) is 7.43. The molecule has 0 saturated heterocycles. The molecule has 0 spiro atoms. The molecule has 0 aromatic heterocycles. The molecule has 0 radical (unpaired) electrons. The van der Waals surface area contributed by atoms with Gasteiger partial charge in [0.1, 0.15) is 0 Å². The van der Waals surface area contributed by atoms with Gasteiger partial charge in [0, 0.05) is 20.1 Å². The first-order valence-corrected chi connectivity index (χ1v) is 7.43. The van der Waals surface area contributed by atoms with Crippen LogP contribution < -0.4 is 10.6 Å². The number of nitrogens with one attached hydrogen (secondary N) is 2. The van der Waals surface area contributed by atoms with Gasteiger partial charge in [-0.1, -0.05) is 12.1 Å². The van der Waals surface area contributed by atoms with Crippen molar-refractivity contribution in [1.29, 1.82) is 0 Å². The van der Waals surface area contributed by atoms with Crippen LogP contribution in [0.25, 0.3) is 0 Å². The van der Waals surface area contributed by atoms with Crippen molar-refractivity contribution in [3.63, 3.8) is 0 Å². The molecular weight excluding hydrogens is 393 g/mol. The number of nitrogens with zero attached hydrogens (tertiary/aromatic N) is 1. The molecule has 0 atom stereocenters. The van der Waals surface area contributed by atoms with Crippen molar-refractivity contribution in [3.8, 4) is 0 Å². The minimum atomic E-state index is -0.279. The van der Waals surface area contributed by atoms with E-state index in [0.717, 1.165) is 24.0 Å². The first kappa shape index (κ1) is 18.7. The second kappa shape index (κ2) is 9.66. The lowest BCUT2D eigenvalue weighted by Crippen LogP contribution is -2.37. The van der Waals surface area contributed by atoms with Crippen LogP contribution in [0, 0.1) is 5.92 Å². The molecule has 1 aliphatic rings. The lowest BCUT2D eigenvalue weighted by molar-refractivity contribution is 0.0526. The fraction of sp³-hybridized carbons (Fsp3) is 0.500. The van der Waals surface area contributed by atoms with E-state index in [1.807, 2.05) is 12.1 Å². The summed E-state index contributed by atoms with van der Waals surface area (Å²) in [6, 6.07) is 7.42. The maximum absolute atomic E-state index is 11.6. The van der Waals surface area contributed by atoms with Crippen LogP contribution in [0.2, 0.25) is 0 Å². The highest BCUT2D eigenvalue weighted by Gasteiger charge is 2.20. The Labute approximate surface area is 148 Å². The number of esters is 1. The number of aliphatic imine (C=N–C) groups is 1. The molecule has 1 aromatic carbocycles. The van der Waals surface area contributed by atoms with Gasteiger partial charge < -0.3 is 15.4 Å². The number of rotatable bonds is 6. The Morgan fingerprint density at radius 3 is 2.50 bits per heavy atom. The Kier molecular flexibility index (Phi) is 8.22. The van der Waals surface area contributed by atoms with Crippen LogP contribution in [0.15, 0.2) is 29.3 Å². The Bertz CT molecular complexity index is 499. The summed E-state index contributed by atoms with van der Waals surface area (Å²) in [5.41, 5.74) is 1.68. The fourth-order valence-electron chi connectivity index (χ4n) is 1.94. The second-order valence-corrected chi connectivity index (χ2v) is 5.17. The van der Waals surface area contributed by atoms with E-state index in [4.69, 9.17) is 4.74 Å². The van der Waals surface area contributed by atoms with Gasteiger partial charge in [-0.05, 0) is 43.4 Å². The molecule has 1 aliphatic carbocycles. The maximum Gasteiger partial charge on any atom is 0.338 e. The van der Waals surface area contributed by atoms with Crippen molar-refractivity contribution in [2.45, 2.75) is 26.3 Å². The molecule has 0 aliphatic heterocycles. The summed E-state index contributed by atoms with van der Waals surface area (Å²) in [7, 11) is 1.77. The predicted octanol–water partition coefficient (Wildman–Crippen LogP) is 2.56. The third-order valence-corrected chi connectivity index (χ3v) is 3.40. The fourth-order valence-corrected chi connectivity index (χ4v) is 1.94. The van der Waals surface area contributed by atoms with E-state index in [2.05, 4.69) is 15.6 Å². The monoisotopic (exact) mass is 417 g/mol. The zero-order chi connectivity index (χ0) is 15.1. The summed E-state index contributed by atoms with van der Waals surface area (Å²) in [5, 5.41) is 6.58. The SMILES string of the molecule is CCOC(=O)c1ccc(CNC(=NC)NCC2CC2)cc1.I. The van der Waals surface area contributed by atoms with Gasteiger partial charge in [-0.25, -0.2) is 4.79 Å². The minimum absolute atomic E-state index is 0. The number of halogens is 1. The summed E-state index contributed by atoms with van der Waals surface area (Å²) in [4.78, 5) is 15.7. The summed E-state index contributed by atoms with van der Waals surface area (Å²) < 4.78 is 4.96. The van der Waals surface area contributed by atoms with Crippen molar-refractivity contribution in [3.05, 3.63) is 35.4 Å². The van der Waals surface area contributed by atoms with Crippen LogP contribution in [-0.4, -0.2) is 32.1 Å². The van der Waals surface area contributed by atoms with E-state index in [1.165, 1.54) is 12.8 Å². The largest absolute Gasteiger partial charge is 0.462 e. The average molecular weight is 417 g/mol. The van der Waals surface area contributed by atoms with Crippen molar-refractivity contribution in [2.75, 3.05) is 20.2 Å². The van der Waals surface area contributed by atoms with E-state index >= 15 is 0 Å². The van der Waals surface area contributed by atoms with Crippen LogP contribution in [0.3, 0.4) is 0 Å². The van der Waals surface area contributed by atoms with Crippen LogP contribution in [-0.2, 0) is 11.3 Å². The lowest BCUT2D eigenvalue weighted by atomic mass is 10.1. The molecule has 0 amide bonds. The van der Waals surface area contributed by atoms with Gasteiger partial charge in [0.15, 0.2) is 5.96 Å². The molecule has 0 bridgehead atoms. The van der Waals surface area contributed by atoms with Gasteiger partial charge in [0.25, 0.3) is 0 Å². The number of carbonyl (C=O) groups is 1. The molecule has 1 aromatic rings. The van der Waals surface area contributed by atoms with Gasteiger partial charge in [0.05, 0.1) is 12.2 Å². The van der Waals surface area contributed by atoms with Gasteiger partial charge in [0.2, 0.25) is 0 Å². The minimum Gasteiger partial charge on any atom is -0.462 e. The standard InChI is InChI=1S/C16H23N3O2.HI/c1-3-21-15(20)14-8-6-13(7-9-14)11-19-16(17-2)18-10-12-4-5-12;/h6-9,12H,3-5,10-11H2,1-2H3,(H2,17,18,19);1H. The zero-order valence-corrected chi connectivity index (χ0v) is 15.4. The lowest BCUT2D eigenvalue weighted by Gasteiger charge is -2.11. The highest BCUT2D eigenvalue weighted by Crippen LogP contribution is 2.27. The van der Waals surface area contributed by atoms with E-state index < -0.39 is 0 Å². The van der Waals surface area contributed by atoms with E-state index in [-0.39, 0.29) is 29.9 Å². The normalized spacial score (nSPS) is 14.0. The number of guanidine groups is 1. The molecule has 22 heavy (non-hydrogen) atoms. The van der Waals surface area contributed by atoms with Crippen LogP contribution in [0.1, 0.15) is 35.7 Å². The molecule has 2 N–H and O–H groups in total.